The van der Waals surface area contributed by atoms with Crippen molar-refractivity contribution in [2.75, 3.05) is 7.11 Å². The summed E-state index contributed by atoms with van der Waals surface area (Å²) in [5.74, 6) is 1.02. The molecule has 0 spiro atoms. The fourth-order valence-electron chi connectivity index (χ4n) is 2.34. The van der Waals surface area contributed by atoms with Crippen molar-refractivity contribution >= 4 is 17.4 Å². The van der Waals surface area contributed by atoms with Gasteiger partial charge in [0.15, 0.2) is 0 Å². The first-order chi connectivity index (χ1) is 12.1. The van der Waals surface area contributed by atoms with Gasteiger partial charge in [0.2, 0.25) is 5.16 Å². The Morgan fingerprint density at radius 2 is 2.08 bits per heavy atom. The third-order valence-corrected chi connectivity index (χ3v) is 4.52. The molecule has 0 aliphatic carbocycles. The molecule has 1 heterocycles. The molecule has 128 valence electrons. The van der Waals surface area contributed by atoms with E-state index in [-0.39, 0.29) is 10.6 Å². The lowest BCUT2D eigenvalue weighted by Gasteiger charge is -2.10. The summed E-state index contributed by atoms with van der Waals surface area (Å²) >= 11 is 1.33. The molecule has 25 heavy (non-hydrogen) atoms. The smallest absolute Gasteiger partial charge is 0.273 e. The molecule has 0 saturated heterocycles. The predicted molar refractivity (Wildman–Crippen MR) is 93.1 cm³/mol. The largest absolute Gasteiger partial charge is 0.494 e. The zero-order valence-corrected chi connectivity index (χ0v) is 14.4. The highest BCUT2D eigenvalue weighted by molar-refractivity contribution is 7.98. The molecule has 0 radical (unpaired) electrons. The quantitative estimate of drug-likeness (QED) is 0.380. The molecule has 0 amide bonds. The summed E-state index contributed by atoms with van der Waals surface area (Å²) in [4.78, 5) is 10.7. The summed E-state index contributed by atoms with van der Waals surface area (Å²) in [5.41, 5.74) is 2.46. The van der Waals surface area contributed by atoms with Crippen LogP contribution in [0.25, 0.3) is 5.69 Å². The molecule has 9 heteroatoms. The van der Waals surface area contributed by atoms with Gasteiger partial charge >= 0.3 is 0 Å². The number of hydrogen-bond acceptors (Lipinski definition) is 7. The number of para-hydroxylation sites is 1. The highest BCUT2D eigenvalue weighted by Crippen LogP contribution is 2.30. The molecule has 3 rings (SSSR count). The molecular formula is C16H15N5O3S. The van der Waals surface area contributed by atoms with Crippen LogP contribution in [0.3, 0.4) is 0 Å². The molecule has 0 aliphatic heterocycles. The number of ether oxygens (including phenoxy) is 1. The zero-order valence-electron chi connectivity index (χ0n) is 13.6. The van der Waals surface area contributed by atoms with E-state index in [1.54, 1.807) is 30.0 Å². The lowest BCUT2D eigenvalue weighted by atomic mass is 10.2. The molecule has 3 aromatic rings. The van der Waals surface area contributed by atoms with E-state index in [9.17, 15) is 10.1 Å². The van der Waals surface area contributed by atoms with Gasteiger partial charge in [-0.25, -0.2) is 0 Å². The van der Waals surface area contributed by atoms with Crippen LogP contribution in [0.1, 0.15) is 11.1 Å². The molecule has 2 aromatic carbocycles. The molecule has 0 saturated carbocycles. The van der Waals surface area contributed by atoms with Crippen LogP contribution in [0.5, 0.6) is 5.75 Å². The molecule has 8 nitrogen and oxygen atoms in total. The average Bonchev–Trinajstić information content (AvgIpc) is 3.08. The van der Waals surface area contributed by atoms with Crippen molar-refractivity contribution in [3.05, 3.63) is 63.7 Å². The Labute approximate surface area is 148 Å². The topological polar surface area (TPSA) is 96.0 Å². The molecule has 0 unspecified atom stereocenters. The standard InChI is InChI=1S/C16H15N5O3S/c1-11-7-8-15(24-2)14(9-11)20-16(17-18-19-20)25-10-12-5-3-4-6-13(12)21(22)23/h3-9H,10H2,1-2H3. The summed E-state index contributed by atoms with van der Waals surface area (Å²) in [6.07, 6.45) is 0. The molecule has 0 aliphatic rings. The maximum atomic E-state index is 11.1. The summed E-state index contributed by atoms with van der Waals surface area (Å²) < 4.78 is 6.95. The van der Waals surface area contributed by atoms with Crippen molar-refractivity contribution in [2.24, 2.45) is 0 Å². The number of aryl methyl sites for hydroxylation is 1. The van der Waals surface area contributed by atoms with Gasteiger partial charge in [-0.05, 0) is 35.0 Å². The maximum Gasteiger partial charge on any atom is 0.273 e. The van der Waals surface area contributed by atoms with Crippen LogP contribution in [0.2, 0.25) is 0 Å². The van der Waals surface area contributed by atoms with E-state index < -0.39 is 0 Å². The molecular weight excluding hydrogens is 342 g/mol. The Bertz CT molecular complexity index is 912. The third kappa shape index (κ3) is 3.61. The third-order valence-electron chi connectivity index (χ3n) is 3.55. The summed E-state index contributed by atoms with van der Waals surface area (Å²) in [6.45, 7) is 1.97. The Hall–Kier alpha value is -2.94. The number of nitro benzene ring substituents is 1. The van der Waals surface area contributed by atoms with Gasteiger partial charge in [0, 0.05) is 17.4 Å². The van der Waals surface area contributed by atoms with Gasteiger partial charge in [-0.2, -0.15) is 4.68 Å². The van der Waals surface area contributed by atoms with E-state index in [0.29, 0.717) is 22.2 Å². The molecule has 0 atom stereocenters. The second-order valence-electron chi connectivity index (χ2n) is 5.22. The maximum absolute atomic E-state index is 11.1. The van der Waals surface area contributed by atoms with Crippen LogP contribution in [0.15, 0.2) is 47.6 Å². The van der Waals surface area contributed by atoms with Gasteiger partial charge in [0.25, 0.3) is 5.69 Å². The zero-order chi connectivity index (χ0) is 17.8. The summed E-state index contributed by atoms with van der Waals surface area (Å²) in [7, 11) is 1.58. The Balaban J connectivity index is 1.89. The van der Waals surface area contributed by atoms with Crippen molar-refractivity contribution in [3.8, 4) is 11.4 Å². The van der Waals surface area contributed by atoms with Crippen molar-refractivity contribution in [1.29, 1.82) is 0 Å². The first kappa shape index (κ1) is 16.9. The minimum Gasteiger partial charge on any atom is -0.494 e. The number of aromatic nitrogens is 4. The SMILES string of the molecule is COc1ccc(C)cc1-n1nnnc1SCc1ccccc1[N+](=O)[O-]. The van der Waals surface area contributed by atoms with E-state index in [1.807, 2.05) is 25.1 Å². The minimum atomic E-state index is -0.386. The van der Waals surface area contributed by atoms with Crippen LogP contribution in [-0.2, 0) is 5.75 Å². The number of nitro groups is 1. The number of hydrogen-bond donors (Lipinski definition) is 0. The fraction of sp³-hybridized carbons (Fsp3) is 0.188. The van der Waals surface area contributed by atoms with Crippen LogP contribution in [0.4, 0.5) is 5.69 Å². The first-order valence-corrected chi connectivity index (χ1v) is 8.37. The van der Waals surface area contributed by atoms with E-state index in [0.717, 1.165) is 11.3 Å². The van der Waals surface area contributed by atoms with E-state index >= 15 is 0 Å². The number of nitrogens with zero attached hydrogens (tertiary/aromatic N) is 5. The molecule has 0 fully saturated rings. The average molecular weight is 357 g/mol. The normalized spacial score (nSPS) is 10.6. The number of benzene rings is 2. The van der Waals surface area contributed by atoms with Crippen LogP contribution < -0.4 is 4.74 Å². The number of rotatable bonds is 6. The Morgan fingerprint density at radius 1 is 1.28 bits per heavy atom. The second-order valence-corrected chi connectivity index (χ2v) is 6.17. The van der Waals surface area contributed by atoms with E-state index in [4.69, 9.17) is 4.74 Å². The van der Waals surface area contributed by atoms with Crippen LogP contribution in [-0.4, -0.2) is 32.2 Å². The number of tetrazole rings is 1. The van der Waals surface area contributed by atoms with Gasteiger partial charge in [-0.15, -0.1) is 5.10 Å². The number of methoxy groups -OCH3 is 1. The van der Waals surface area contributed by atoms with Crippen molar-refractivity contribution < 1.29 is 9.66 Å². The Morgan fingerprint density at radius 3 is 2.84 bits per heavy atom. The van der Waals surface area contributed by atoms with Gasteiger partial charge in [-0.3, -0.25) is 10.1 Å². The summed E-state index contributed by atoms with van der Waals surface area (Å²) in [6, 6.07) is 12.3. The van der Waals surface area contributed by atoms with Crippen molar-refractivity contribution in [3.63, 3.8) is 0 Å². The minimum absolute atomic E-state index is 0.0853. The highest BCUT2D eigenvalue weighted by Gasteiger charge is 2.17. The van der Waals surface area contributed by atoms with E-state index in [1.165, 1.54) is 17.8 Å². The Kier molecular flexibility index (Phi) is 4.94. The molecule has 1 aromatic heterocycles. The monoisotopic (exact) mass is 357 g/mol. The molecule has 0 N–H and O–H groups in total. The van der Waals surface area contributed by atoms with Crippen LogP contribution >= 0.6 is 11.8 Å². The van der Waals surface area contributed by atoms with Gasteiger partial charge in [-0.1, -0.05) is 36.0 Å². The summed E-state index contributed by atoms with van der Waals surface area (Å²) in [5, 5.41) is 23.4. The first-order valence-electron chi connectivity index (χ1n) is 7.38. The molecule has 0 bridgehead atoms. The van der Waals surface area contributed by atoms with Crippen molar-refractivity contribution in [1.82, 2.24) is 20.2 Å². The fourth-order valence-corrected chi connectivity index (χ4v) is 3.22. The second kappa shape index (κ2) is 7.31. The van der Waals surface area contributed by atoms with Crippen molar-refractivity contribution in [2.45, 2.75) is 17.8 Å². The predicted octanol–water partition coefficient (Wildman–Crippen LogP) is 3.18. The van der Waals surface area contributed by atoms with Gasteiger partial charge in [0.05, 0.1) is 12.0 Å². The highest BCUT2D eigenvalue weighted by atomic mass is 32.2. The van der Waals surface area contributed by atoms with Crippen LogP contribution in [0, 0.1) is 17.0 Å². The lowest BCUT2D eigenvalue weighted by Crippen LogP contribution is -2.03. The number of thioether (sulfide) groups is 1. The van der Waals surface area contributed by atoms with Gasteiger partial charge in [0.1, 0.15) is 11.4 Å². The van der Waals surface area contributed by atoms with E-state index in [2.05, 4.69) is 15.5 Å². The van der Waals surface area contributed by atoms with Gasteiger partial charge < -0.3 is 4.74 Å². The lowest BCUT2D eigenvalue weighted by molar-refractivity contribution is -0.385.